The topological polar surface area (TPSA) is 53.6 Å². The first kappa shape index (κ1) is 11.7. The number of alkyl carbamates (subject to hydrolysis) is 1. The van der Waals surface area contributed by atoms with Crippen LogP contribution in [0, 0.1) is 5.92 Å². The van der Waals surface area contributed by atoms with E-state index in [1.165, 1.54) is 7.11 Å². The zero-order chi connectivity index (χ0) is 11.5. The summed E-state index contributed by atoms with van der Waals surface area (Å²) in [5, 5.41) is 6.29. The number of ether oxygens (including phenoxy) is 1. The molecule has 5 heteroatoms. The van der Waals surface area contributed by atoms with Gasteiger partial charge in [0, 0.05) is 31.7 Å². The number of nitrogens with one attached hydrogen (secondary N) is 2. The van der Waals surface area contributed by atoms with Crippen molar-refractivity contribution in [3.05, 3.63) is 0 Å². The normalized spacial score (nSPS) is 35.2. The van der Waals surface area contributed by atoms with E-state index < -0.39 is 0 Å². The molecule has 2 rings (SSSR count). The van der Waals surface area contributed by atoms with E-state index in [-0.39, 0.29) is 12.1 Å². The van der Waals surface area contributed by atoms with Crippen molar-refractivity contribution >= 4 is 6.09 Å². The molecule has 5 nitrogen and oxygen atoms in total. The summed E-state index contributed by atoms with van der Waals surface area (Å²) in [7, 11) is 1.41. The Morgan fingerprint density at radius 1 is 1.50 bits per heavy atom. The molecule has 2 heterocycles. The molecule has 2 aliphatic rings. The van der Waals surface area contributed by atoms with Crippen molar-refractivity contribution in [1.29, 1.82) is 0 Å². The van der Waals surface area contributed by atoms with E-state index in [2.05, 4.69) is 27.2 Å². The highest BCUT2D eigenvalue weighted by atomic mass is 16.5. The number of nitrogens with zero attached hydrogens (tertiary/aromatic N) is 1. The molecule has 0 bridgehead atoms. The van der Waals surface area contributed by atoms with Crippen LogP contribution < -0.4 is 10.6 Å². The molecule has 1 amide bonds. The molecule has 2 saturated heterocycles. The fourth-order valence-corrected chi connectivity index (χ4v) is 2.72. The van der Waals surface area contributed by atoms with Gasteiger partial charge in [-0.2, -0.15) is 0 Å². The SMILES string of the molecule is COC(=O)NC1CCN(C2CNCC2C)C1. The van der Waals surface area contributed by atoms with E-state index in [1.807, 2.05) is 0 Å². The minimum atomic E-state index is -0.315. The van der Waals surface area contributed by atoms with Gasteiger partial charge in [-0.15, -0.1) is 0 Å². The molecule has 0 aromatic carbocycles. The van der Waals surface area contributed by atoms with Crippen molar-refractivity contribution < 1.29 is 9.53 Å². The second-order valence-corrected chi connectivity index (χ2v) is 4.82. The van der Waals surface area contributed by atoms with Crippen LogP contribution in [-0.2, 0) is 4.74 Å². The van der Waals surface area contributed by atoms with Gasteiger partial charge in [-0.1, -0.05) is 6.92 Å². The summed E-state index contributed by atoms with van der Waals surface area (Å²) in [5.41, 5.74) is 0. The largest absolute Gasteiger partial charge is 0.453 e. The van der Waals surface area contributed by atoms with Gasteiger partial charge < -0.3 is 15.4 Å². The molecule has 0 aliphatic carbocycles. The molecule has 92 valence electrons. The lowest BCUT2D eigenvalue weighted by molar-refractivity contribution is 0.164. The van der Waals surface area contributed by atoms with E-state index in [4.69, 9.17) is 0 Å². The van der Waals surface area contributed by atoms with E-state index >= 15 is 0 Å². The van der Waals surface area contributed by atoms with Gasteiger partial charge in [0.05, 0.1) is 7.11 Å². The molecular weight excluding hydrogens is 206 g/mol. The van der Waals surface area contributed by atoms with E-state index in [9.17, 15) is 4.79 Å². The Morgan fingerprint density at radius 3 is 2.94 bits per heavy atom. The summed E-state index contributed by atoms with van der Waals surface area (Å²) < 4.78 is 4.61. The Labute approximate surface area is 96.5 Å². The van der Waals surface area contributed by atoms with Gasteiger partial charge in [-0.25, -0.2) is 4.79 Å². The smallest absolute Gasteiger partial charge is 0.407 e. The predicted molar refractivity (Wildman–Crippen MR) is 61.3 cm³/mol. The van der Waals surface area contributed by atoms with Crippen LogP contribution in [0.25, 0.3) is 0 Å². The van der Waals surface area contributed by atoms with Crippen LogP contribution in [0.15, 0.2) is 0 Å². The second kappa shape index (κ2) is 5.01. The highest BCUT2D eigenvalue weighted by Crippen LogP contribution is 2.20. The second-order valence-electron chi connectivity index (χ2n) is 4.82. The first-order valence-electron chi connectivity index (χ1n) is 6.00. The Morgan fingerprint density at radius 2 is 2.31 bits per heavy atom. The predicted octanol–water partition coefficient (Wildman–Crippen LogP) is 0.0246. The molecule has 2 N–H and O–H groups in total. The van der Waals surface area contributed by atoms with Crippen LogP contribution in [0.2, 0.25) is 0 Å². The van der Waals surface area contributed by atoms with Gasteiger partial charge in [0.1, 0.15) is 0 Å². The lowest BCUT2D eigenvalue weighted by Crippen LogP contribution is -2.42. The number of likely N-dealkylation sites (tertiary alicyclic amines) is 1. The molecule has 0 aromatic rings. The minimum absolute atomic E-state index is 0.250. The van der Waals surface area contributed by atoms with Gasteiger partial charge in [-0.3, -0.25) is 4.90 Å². The van der Waals surface area contributed by atoms with E-state index in [0.29, 0.717) is 12.0 Å². The fourth-order valence-electron chi connectivity index (χ4n) is 2.72. The standard InChI is InChI=1S/C11H21N3O2/c1-8-5-12-6-10(8)14-4-3-9(7-14)13-11(15)16-2/h8-10,12H,3-7H2,1-2H3,(H,13,15). The number of rotatable bonds is 2. The zero-order valence-electron chi connectivity index (χ0n) is 10.0. The summed E-state index contributed by atoms with van der Waals surface area (Å²) in [6.07, 6.45) is 0.711. The Balaban J connectivity index is 1.81. The summed E-state index contributed by atoms with van der Waals surface area (Å²) in [6.45, 7) is 6.49. The monoisotopic (exact) mass is 227 g/mol. The highest BCUT2D eigenvalue weighted by molar-refractivity contribution is 5.67. The molecule has 16 heavy (non-hydrogen) atoms. The third-order valence-corrected chi connectivity index (χ3v) is 3.67. The number of hydrogen-bond acceptors (Lipinski definition) is 4. The van der Waals surface area contributed by atoms with Crippen LogP contribution in [0.3, 0.4) is 0 Å². The molecule has 2 fully saturated rings. The zero-order valence-corrected chi connectivity index (χ0v) is 10.0. The number of amides is 1. The molecule has 3 unspecified atom stereocenters. The summed E-state index contributed by atoms with van der Waals surface area (Å²) >= 11 is 0. The molecular formula is C11H21N3O2. The summed E-state index contributed by atoms with van der Waals surface area (Å²) in [6, 6.07) is 0.879. The highest BCUT2D eigenvalue weighted by Gasteiger charge is 2.34. The van der Waals surface area contributed by atoms with Gasteiger partial charge in [0.25, 0.3) is 0 Å². The lowest BCUT2D eigenvalue weighted by Gasteiger charge is -2.26. The van der Waals surface area contributed by atoms with Gasteiger partial charge in [0.15, 0.2) is 0 Å². The number of carbonyl (C=O) groups excluding carboxylic acids is 1. The molecule has 2 aliphatic heterocycles. The fraction of sp³-hybridized carbons (Fsp3) is 0.909. The van der Waals surface area contributed by atoms with Crippen LogP contribution in [0.1, 0.15) is 13.3 Å². The average Bonchev–Trinajstić information content (AvgIpc) is 2.86. The molecule has 0 saturated carbocycles. The van der Waals surface area contributed by atoms with E-state index in [1.54, 1.807) is 0 Å². The maximum Gasteiger partial charge on any atom is 0.407 e. The molecule has 0 radical (unpaired) electrons. The molecule has 3 atom stereocenters. The van der Waals surface area contributed by atoms with Crippen molar-refractivity contribution in [2.75, 3.05) is 33.3 Å². The van der Waals surface area contributed by atoms with Gasteiger partial charge in [-0.05, 0) is 18.9 Å². The van der Waals surface area contributed by atoms with Crippen LogP contribution >= 0.6 is 0 Å². The maximum atomic E-state index is 11.1. The summed E-state index contributed by atoms with van der Waals surface area (Å²) in [4.78, 5) is 13.6. The Hall–Kier alpha value is -0.810. The van der Waals surface area contributed by atoms with Crippen molar-refractivity contribution in [3.63, 3.8) is 0 Å². The third-order valence-electron chi connectivity index (χ3n) is 3.67. The molecule has 0 spiro atoms. The number of methoxy groups -OCH3 is 1. The first-order chi connectivity index (χ1) is 7.70. The van der Waals surface area contributed by atoms with E-state index in [0.717, 1.165) is 32.6 Å². The summed E-state index contributed by atoms with van der Waals surface area (Å²) in [5.74, 6) is 0.705. The number of carbonyl (C=O) groups is 1. The Bertz CT molecular complexity index is 260. The Kier molecular flexibility index (Phi) is 3.66. The van der Waals surface area contributed by atoms with Crippen LogP contribution in [0.4, 0.5) is 4.79 Å². The first-order valence-corrected chi connectivity index (χ1v) is 6.00. The van der Waals surface area contributed by atoms with Crippen LogP contribution in [0.5, 0.6) is 0 Å². The average molecular weight is 227 g/mol. The quantitative estimate of drug-likeness (QED) is 0.698. The minimum Gasteiger partial charge on any atom is -0.453 e. The maximum absolute atomic E-state index is 11.1. The molecule has 0 aromatic heterocycles. The van der Waals surface area contributed by atoms with Crippen molar-refractivity contribution in [3.8, 4) is 0 Å². The van der Waals surface area contributed by atoms with Gasteiger partial charge in [0.2, 0.25) is 0 Å². The lowest BCUT2D eigenvalue weighted by atomic mass is 10.1. The van der Waals surface area contributed by atoms with Crippen molar-refractivity contribution in [2.45, 2.75) is 25.4 Å². The van der Waals surface area contributed by atoms with Crippen LogP contribution in [-0.4, -0.2) is 56.4 Å². The third kappa shape index (κ3) is 2.47. The van der Waals surface area contributed by atoms with Gasteiger partial charge >= 0.3 is 6.09 Å². The van der Waals surface area contributed by atoms with Crippen molar-refractivity contribution in [1.82, 2.24) is 15.5 Å². The van der Waals surface area contributed by atoms with Crippen molar-refractivity contribution in [2.24, 2.45) is 5.92 Å². The number of hydrogen-bond donors (Lipinski definition) is 2.